The molecule has 3 rings (SSSR count). The van der Waals surface area contributed by atoms with Gasteiger partial charge >= 0.3 is 0 Å². The lowest BCUT2D eigenvalue weighted by atomic mass is 9.85. The quantitative estimate of drug-likeness (QED) is 0.684. The molecule has 1 aliphatic heterocycles. The van der Waals surface area contributed by atoms with Gasteiger partial charge in [-0.3, -0.25) is 19.3 Å². The van der Waals surface area contributed by atoms with Crippen LogP contribution in [0.3, 0.4) is 0 Å². The SMILES string of the molecule is CCc1ccc(NC(=O)CN2C(=O)C3CC=CCC3C2=O)cc1. The smallest absolute Gasteiger partial charge is 0.244 e. The van der Waals surface area contributed by atoms with Crippen molar-refractivity contribution >= 4 is 23.4 Å². The number of hydrogen-bond acceptors (Lipinski definition) is 3. The van der Waals surface area contributed by atoms with E-state index in [4.69, 9.17) is 0 Å². The lowest BCUT2D eigenvalue weighted by Gasteiger charge is -2.14. The summed E-state index contributed by atoms with van der Waals surface area (Å²) in [6.45, 7) is 1.85. The molecular weight excluding hydrogens is 292 g/mol. The van der Waals surface area contributed by atoms with Gasteiger partial charge in [0.05, 0.1) is 11.8 Å². The predicted octanol–water partition coefficient (Wildman–Crippen LogP) is 2.14. The molecule has 5 nitrogen and oxygen atoms in total. The van der Waals surface area contributed by atoms with Crippen LogP contribution in [0.15, 0.2) is 36.4 Å². The number of likely N-dealkylation sites (tertiary alicyclic amines) is 1. The number of amides is 3. The van der Waals surface area contributed by atoms with Crippen molar-refractivity contribution in [2.45, 2.75) is 26.2 Å². The van der Waals surface area contributed by atoms with Gasteiger partial charge in [0.2, 0.25) is 17.7 Å². The Morgan fingerprint density at radius 3 is 2.17 bits per heavy atom. The summed E-state index contributed by atoms with van der Waals surface area (Å²) in [7, 11) is 0. The van der Waals surface area contributed by atoms with Crippen LogP contribution in [-0.2, 0) is 20.8 Å². The maximum absolute atomic E-state index is 12.3. The molecule has 1 heterocycles. The average Bonchev–Trinajstić information content (AvgIpc) is 2.81. The molecule has 1 aromatic rings. The number of nitrogens with one attached hydrogen (secondary N) is 1. The monoisotopic (exact) mass is 312 g/mol. The number of rotatable bonds is 4. The number of nitrogens with zero attached hydrogens (tertiary/aromatic N) is 1. The third kappa shape index (κ3) is 3.04. The first-order valence-corrected chi connectivity index (χ1v) is 7.99. The first-order valence-electron chi connectivity index (χ1n) is 7.99. The Balaban J connectivity index is 1.63. The Kier molecular flexibility index (Phi) is 4.28. The van der Waals surface area contributed by atoms with Crippen LogP contribution in [0.5, 0.6) is 0 Å². The van der Waals surface area contributed by atoms with Gasteiger partial charge in [0, 0.05) is 5.69 Å². The number of carbonyl (C=O) groups is 3. The van der Waals surface area contributed by atoms with Gasteiger partial charge in [0.25, 0.3) is 0 Å². The van der Waals surface area contributed by atoms with E-state index >= 15 is 0 Å². The molecule has 2 atom stereocenters. The van der Waals surface area contributed by atoms with E-state index in [0.29, 0.717) is 18.5 Å². The second-order valence-corrected chi connectivity index (χ2v) is 6.02. The fraction of sp³-hybridized carbons (Fsp3) is 0.389. The highest BCUT2D eigenvalue weighted by Crippen LogP contribution is 2.34. The number of aryl methyl sites for hydroxylation is 1. The van der Waals surface area contributed by atoms with Crippen molar-refractivity contribution in [3.63, 3.8) is 0 Å². The summed E-state index contributed by atoms with van der Waals surface area (Å²) in [6, 6.07) is 7.55. The van der Waals surface area contributed by atoms with E-state index in [1.807, 2.05) is 36.4 Å². The van der Waals surface area contributed by atoms with E-state index in [0.717, 1.165) is 11.3 Å². The number of allylic oxidation sites excluding steroid dienone is 2. The molecule has 0 saturated carbocycles. The zero-order chi connectivity index (χ0) is 16.4. The van der Waals surface area contributed by atoms with Gasteiger partial charge in [-0.2, -0.15) is 0 Å². The van der Waals surface area contributed by atoms with E-state index in [1.165, 1.54) is 5.56 Å². The van der Waals surface area contributed by atoms with Crippen molar-refractivity contribution in [1.82, 2.24) is 4.90 Å². The molecule has 23 heavy (non-hydrogen) atoms. The third-order valence-corrected chi connectivity index (χ3v) is 4.55. The molecule has 0 bridgehead atoms. The van der Waals surface area contributed by atoms with Gasteiger partial charge in [0.15, 0.2) is 0 Å². The molecule has 1 aliphatic carbocycles. The van der Waals surface area contributed by atoms with E-state index in [1.54, 1.807) is 0 Å². The maximum Gasteiger partial charge on any atom is 0.244 e. The number of imide groups is 1. The summed E-state index contributed by atoms with van der Waals surface area (Å²) < 4.78 is 0. The van der Waals surface area contributed by atoms with E-state index in [9.17, 15) is 14.4 Å². The van der Waals surface area contributed by atoms with Crippen LogP contribution in [0.4, 0.5) is 5.69 Å². The van der Waals surface area contributed by atoms with Gasteiger partial charge in [-0.1, -0.05) is 31.2 Å². The Bertz CT molecular complexity index is 637. The molecule has 120 valence electrons. The molecule has 1 saturated heterocycles. The first kappa shape index (κ1) is 15.5. The Morgan fingerprint density at radius 2 is 1.65 bits per heavy atom. The summed E-state index contributed by atoms with van der Waals surface area (Å²) in [5, 5.41) is 2.74. The number of anilines is 1. The minimum atomic E-state index is -0.345. The topological polar surface area (TPSA) is 66.5 Å². The number of carbonyl (C=O) groups excluding carboxylic acids is 3. The number of hydrogen-bond donors (Lipinski definition) is 1. The summed E-state index contributed by atoms with van der Waals surface area (Å²) >= 11 is 0. The molecule has 1 N–H and O–H groups in total. The van der Waals surface area contributed by atoms with Gasteiger partial charge in [-0.25, -0.2) is 0 Å². The molecule has 2 aliphatic rings. The number of fused-ring (bicyclic) bond motifs is 1. The highest BCUT2D eigenvalue weighted by Gasteiger charge is 2.47. The molecule has 0 radical (unpaired) electrons. The van der Waals surface area contributed by atoms with E-state index in [-0.39, 0.29) is 36.1 Å². The summed E-state index contributed by atoms with van der Waals surface area (Å²) in [5.74, 6) is -1.36. The van der Waals surface area contributed by atoms with Crippen LogP contribution in [0.1, 0.15) is 25.3 Å². The summed E-state index contributed by atoms with van der Waals surface area (Å²) in [6.07, 6.45) is 5.98. The van der Waals surface area contributed by atoms with Crippen LogP contribution < -0.4 is 5.32 Å². The molecular formula is C18H20N2O3. The lowest BCUT2D eigenvalue weighted by molar-refractivity contribution is -0.142. The van der Waals surface area contributed by atoms with Crippen molar-refractivity contribution in [3.8, 4) is 0 Å². The van der Waals surface area contributed by atoms with Crippen molar-refractivity contribution in [2.75, 3.05) is 11.9 Å². The molecule has 1 aromatic carbocycles. The van der Waals surface area contributed by atoms with Crippen LogP contribution in [0.2, 0.25) is 0 Å². The van der Waals surface area contributed by atoms with Crippen molar-refractivity contribution < 1.29 is 14.4 Å². The van der Waals surface area contributed by atoms with Crippen molar-refractivity contribution in [3.05, 3.63) is 42.0 Å². The zero-order valence-corrected chi connectivity index (χ0v) is 13.1. The first-order chi connectivity index (χ1) is 11.1. The van der Waals surface area contributed by atoms with Crippen LogP contribution in [-0.4, -0.2) is 29.2 Å². The third-order valence-electron chi connectivity index (χ3n) is 4.55. The Labute approximate surface area is 135 Å². The lowest BCUT2D eigenvalue weighted by Crippen LogP contribution is -2.38. The molecule has 1 fully saturated rings. The predicted molar refractivity (Wildman–Crippen MR) is 86.5 cm³/mol. The zero-order valence-electron chi connectivity index (χ0n) is 13.1. The highest BCUT2D eigenvalue weighted by molar-refractivity contribution is 6.08. The Morgan fingerprint density at radius 1 is 1.09 bits per heavy atom. The molecule has 0 spiro atoms. The molecule has 5 heteroatoms. The van der Waals surface area contributed by atoms with Gasteiger partial charge in [-0.15, -0.1) is 0 Å². The number of benzene rings is 1. The second kappa shape index (κ2) is 6.36. The second-order valence-electron chi connectivity index (χ2n) is 6.02. The summed E-state index contributed by atoms with van der Waals surface area (Å²) in [4.78, 5) is 37.9. The molecule has 0 aromatic heterocycles. The summed E-state index contributed by atoms with van der Waals surface area (Å²) in [5.41, 5.74) is 1.86. The maximum atomic E-state index is 12.3. The highest BCUT2D eigenvalue weighted by atomic mass is 16.2. The molecule has 3 amide bonds. The Hall–Kier alpha value is -2.43. The van der Waals surface area contributed by atoms with Crippen LogP contribution in [0.25, 0.3) is 0 Å². The van der Waals surface area contributed by atoms with Gasteiger partial charge in [-0.05, 0) is 37.0 Å². The average molecular weight is 312 g/mol. The fourth-order valence-corrected chi connectivity index (χ4v) is 3.19. The largest absolute Gasteiger partial charge is 0.325 e. The van der Waals surface area contributed by atoms with Gasteiger partial charge in [0.1, 0.15) is 6.54 Å². The standard InChI is InChI=1S/C18H20N2O3/c1-2-12-7-9-13(10-8-12)19-16(21)11-20-17(22)14-5-3-4-6-15(14)18(20)23/h3-4,7-10,14-15H,2,5-6,11H2,1H3,(H,19,21). The minimum absolute atomic E-state index is 0.208. The normalized spacial score (nSPS) is 23.1. The van der Waals surface area contributed by atoms with Crippen molar-refractivity contribution in [1.29, 1.82) is 0 Å². The van der Waals surface area contributed by atoms with E-state index < -0.39 is 0 Å². The molecule has 2 unspecified atom stereocenters. The minimum Gasteiger partial charge on any atom is -0.325 e. The van der Waals surface area contributed by atoms with E-state index in [2.05, 4.69) is 12.2 Å². The van der Waals surface area contributed by atoms with Gasteiger partial charge < -0.3 is 5.32 Å². The van der Waals surface area contributed by atoms with Crippen LogP contribution >= 0.6 is 0 Å². The fourth-order valence-electron chi connectivity index (χ4n) is 3.19. The van der Waals surface area contributed by atoms with Crippen molar-refractivity contribution in [2.24, 2.45) is 11.8 Å². The van der Waals surface area contributed by atoms with Crippen LogP contribution in [0, 0.1) is 11.8 Å².